The van der Waals surface area contributed by atoms with E-state index < -0.39 is 11.2 Å². The molecule has 23 heavy (non-hydrogen) atoms. The monoisotopic (exact) mass is 319 g/mol. The van der Waals surface area contributed by atoms with Gasteiger partial charge in [-0.1, -0.05) is 12.2 Å². The van der Waals surface area contributed by atoms with E-state index >= 15 is 0 Å². The molecule has 2 aliphatic heterocycles. The molecule has 3 rings (SSSR count). The smallest absolute Gasteiger partial charge is 0.410 e. The first kappa shape index (κ1) is 16.1. The van der Waals surface area contributed by atoms with E-state index in [1.54, 1.807) is 24.0 Å². The van der Waals surface area contributed by atoms with Crippen LogP contribution in [0.3, 0.4) is 0 Å². The molecule has 3 atom stereocenters. The number of carbonyl (C=O) groups is 1. The molecule has 1 amide bonds. The van der Waals surface area contributed by atoms with Gasteiger partial charge in [0.2, 0.25) is 0 Å². The van der Waals surface area contributed by atoms with Crippen LogP contribution < -0.4 is 0 Å². The zero-order chi connectivity index (χ0) is 16.8. The van der Waals surface area contributed by atoms with Gasteiger partial charge in [0.15, 0.2) is 0 Å². The second-order valence-corrected chi connectivity index (χ2v) is 7.69. The molecule has 0 aromatic carbocycles. The summed E-state index contributed by atoms with van der Waals surface area (Å²) in [7, 11) is 0. The van der Waals surface area contributed by atoms with E-state index in [9.17, 15) is 9.90 Å². The van der Waals surface area contributed by atoms with Gasteiger partial charge in [-0.2, -0.15) is 0 Å². The largest absolute Gasteiger partial charge is 0.488 e. The number of rotatable bonds is 0. The molecule has 0 spiro atoms. The van der Waals surface area contributed by atoms with Crippen LogP contribution >= 0.6 is 0 Å². The molecule has 0 saturated carbocycles. The molecular weight excluding hydrogens is 294 g/mol. The predicted molar refractivity (Wildman–Crippen MR) is 86.7 cm³/mol. The van der Waals surface area contributed by atoms with Crippen molar-refractivity contribution in [1.29, 1.82) is 0 Å². The van der Waals surface area contributed by atoms with Crippen molar-refractivity contribution >= 4 is 6.09 Å². The molecule has 5 nitrogen and oxygen atoms in total. The average molecular weight is 319 g/mol. The third-order valence-electron chi connectivity index (χ3n) is 4.31. The van der Waals surface area contributed by atoms with Gasteiger partial charge in [0.25, 0.3) is 0 Å². The Hall–Kier alpha value is -1.75. The molecule has 2 fully saturated rings. The summed E-state index contributed by atoms with van der Waals surface area (Å²) in [4.78, 5) is 14.0. The van der Waals surface area contributed by atoms with Gasteiger partial charge >= 0.3 is 6.09 Å². The van der Waals surface area contributed by atoms with Crippen molar-refractivity contribution in [1.82, 2.24) is 4.90 Å². The lowest BCUT2D eigenvalue weighted by Gasteiger charge is -2.34. The van der Waals surface area contributed by atoms with Gasteiger partial charge < -0.3 is 19.5 Å². The highest BCUT2D eigenvalue weighted by Crippen LogP contribution is 2.42. The summed E-state index contributed by atoms with van der Waals surface area (Å²) >= 11 is 0. The Morgan fingerprint density at radius 1 is 1.48 bits per heavy atom. The van der Waals surface area contributed by atoms with Gasteiger partial charge in [0.1, 0.15) is 23.1 Å². The fourth-order valence-corrected chi connectivity index (χ4v) is 3.28. The summed E-state index contributed by atoms with van der Waals surface area (Å²) in [5, 5.41) is 10.2. The molecule has 3 unspecified atom stereocenters. The summed E-state index contributed by atoms with van der Waals surface area (Å²) in [6.45, 7) is 8.50. The SMILES string of the molecule is CC1(O)C=CC=C2C(=C1)OC1CN(C(=O)OC(C)(C)C)CCC21. The maximum absolute atomic E-state index is 12.2. The summed E-state index contributed by atoms with van der Waals surface area (Å²) in [5.74, 6) is 1.000. The molecule has 2 heterocycles. The number of hydrogen-bond acceptors (Lipinski definition) is 4. The van der Waals surface area contributed by atoms with Gasteiger partial charge in [-0.15, -0.1) is 0 Å². The van der Waals surface area contributed by atoms with E-state index in [0.29, 0.717) is 13.1 Å². The van der Waals surface area contributed by atoms with Crippen LogP contribution in [0.2, 0.25) is 0 Å². The Morgan fingerprint density at radius 3 is 2.91 bits per heavy atom. The van der Waals surface area contributed by atoms with Gasteiger partial charge in [0.05, 0.1) is 6.54 Å². The summed E-state index contributed by atoms with van der Waals surface area (Å²) in [5.41, 5.74) is -0.385. The van der Waals surface area contributed by atoms with Crippen LogP contribution in [0.5, 0.6) is 0 Å². The Kier molecular flexibility index (Phi) is 3.79. The Morgan fingerprint density at radius 2 is 2.22 bits per heavy atom. The van der Waals surface area contributed by atoms with E-state index in [2.05, 4.69) is 0 Å². The minimum atomic E-state index is -1.01. The molecule has 2 saturated heterocycles. The van der Waals surface area contributed by atoms with Crippen molar-refractivity contribution in [3.05, 3.63) is 35.6 Å². The van der Waals surface area contributed by atoms with Crippen LogP contribution in [0.4, 0.5) is 4.79 Å². The van der Waals surface area contributed by atoms with Crippen LogP contribution in [-0.2, 0) is 9.47 Å². The fourth-order valence-electron chi connectivity index (χ4n) is 3.28. The molecule has 0 bridgehead atoms. The predicted octanol–water partition coefficient (Wildman–Crippen LogP) is 2.77. The first-order chi connectivity index (χ1) is 10.6. The number of ether oxygens (including phenoxy) is 2. The third kappa shape index (κ3) is 3.44. The Labute approximate surface area is 137 Å². The number of carbonyl (C=O) groups excluding carboxylic acids is 1. The zero-order valence-electron chi connectivity index (χ0n) is 14.2. The van der Waals surface area contributed by atoms with Crippen molar-refractivity contribution < 1.29 is 19.4 Å². The quantitative estimate of drug-likeness (QED) is 0.746. The zero-order valence-corrected chi connectivity index (χ0v) is 14.2. The fraction of sp³-hybridized carbons (Fsp3) is 0.611. The summed E-state index contributed by atoms with van der Waals surface area (Å²) < 4.78 is 11.5. The maximum Gasteiger partial charge on any atom is 0.410 e. The summed E-state index contributed by atoms with van der Waals surface area (Å²) in [6.07, 6.45) is 7.87. The standard InChI is InChI=1S/C18H25NO4/c1-17(2,3)23-16(20)19-9-7-13-12-6-5-8-18(4,21)10-14(12)22-15(13)11-19/h5-6,8,10,13,15,21H,7,9,11H2,1-4H3. The van der Waals surface area contributed by atoms with E-state index in [1.807, 2.05) is 32.9 Å². The third-order valence-corrected chi connectivity index (χ3v) is 4.31. The van der Waals surface area contributed by atoms with Crippen LogP contribution in [0.15, 0.2) is 35.6 Å². The minimum absolute atomic E-state index is 0.0731. The number of hydrogen-bond donors (Lipinski definition) is 1. The second-order valence-electron chi connectivity index (χ2n) is 7.69. The van der Waals surface area contributed by atoms with Crippen LogP contribution in [0, 0.1) is 5.92 Å². The number of amides is 1. The lowest BCUT2D eigenvalue weighted by molar-refractivity contribution is -0.00230. The van der Waals surface area contributed by atoms with E-state index in [4.69, 9.17) is 9.47 Å². The first-order valence-electron chi connectivity index (χ1n) is 8.14. The lowest BCUT2D eigenvalue weighted by Crippen LogP contribution is -2.47. The van der Waals surface area contributed by atoms with Crippen molar-refractivity contribution in [2.75, 3.05) is 13.1 Å². The van der Waals surface area contributed by atoms with Crippen molar-refractivity contribution in [3.63, 3.8) is 0 Å². The Balaban J connectivity index is 1.74. The number of likely N-dealkylation sites (tertiary alicyclic amines) is 1. The van der Waals surface area contributed by atoms with E-state index in [-0.39, 0.29) is 18.1 Å². The number of allylic oxidation sites excluding steroid dienone is 3. The number of piperidine rings is 1. The van der Waals surface area contributed by atoms with Crippen LogP contribution in [0.1, 0.15) is 34.1 Å². The highest BCUT2D eigenvalue weighted by atomic mass is 16.6. The molecule has 126 valence electrons. The second kappa shape index (κ2) is 5.41. The van der Waals surface area contributed by atoms with E-state index in [0.717, 1.165) is 17.8 Å². The van der Waals surface area contributed by atoms with Gasteiger partial charge in [-0.25, -0.2) is 4.79 Å². The summed E-state index contributed by atoms with van der Waals surface area (Å²) in [6, 6.07) is 0. The molecule has 0 aromatic heterocycles. The highest BCUT2D eigenvalue weighted by Gasteiger charge is 2.43. The lowest BCUT2D eigenvalue weighted by atomic mass is 9.88. The van der Waals surface area contributed by atoms with Crippen LogP contribution in [-0.4, -0.2) is 46.5 Å². The molecule has 0 radical (unpaired) electrons. The number of nitrogens with zero attached hydrogens (tertiary/aromatic N) is 1. The maximum atomic E-state index is 12.2. The Bertz CT molecular complexity index is 595. The molecule has 1 aliphatic carbocycles. The molecule has 1 N–H and O–H groups in total. The van der Waals surface area contributed by atoms with E-state index in [1.165, 1.54) is 0 Å². The molecule has 5 heteroatoms. The minimum Gasteiger partial charge on any atom is -0.488 e. The van der Waals surface area contributed by atoms with Crippen molar-refractivity contribution in [2.45, 2.75) is 51.4 Å². The normalized spacial score (nSPS) is 33.0. The molecule has 3 aliphatic rings. The number of fused-ring (bicyclic) bond motifs is 3. The molecule has 0 aromatic rings. The van der Waals surface area contributed by atoms with Gasteiger partial charge in [-0.05, 0) is 46.3 Å². The average Bonchev–Trinajstić information content (AvgIpc) is 2.64. The van der Waals surface area contributed by atoms with Gasteiger partial charge in [0, 0.05) is 18.0 Å². The molecular formula is C18H25NO4. The first-order valence-corrected chi connectivity index (χ1v) is 8.14. The van der Waals surface area contributed by atoms with Crippen molar-refractivity contribution in [3.8, 4) is 0 Å². The highest BCUT2D eigenvalue weighted by molar-refractivity contribution is 5.68. The van der Waals surface area contributed by atoms with Crippen molar-refractivity contribution in [2.24, 2.45) is 5.92 Å². The topological polar surface area (TPSA) is 59.0 Å². The van der Waals surface area contributed by atoms with Crippen LogP contribution in [0.25, 0.3) is 0 Å². The number of aliphatic hydroxyl groups is 1. The van der Waals surface area contributed by atoms with Gasteiger partial charge in [-0.3, -0.25) is 0 Å².